The van der Waals surface area contributed by atoms with E-state index >= 15 is 0 Å². The van der Waals surface area contributed by atoms with E-state index in [-0.39, 0.29) is 17.9 Å². The van der Waals surface area contributed by atoms with Crippen LogP contribution in [0.5, 0.6) is 11.5 Å². The average Bonchev–Trinajstić information content (AvgIpc) is 2.41. The Labute approximate surface area is 121 Å². The van der Waals surface area contributed by atoms with Gasteiger partial charge in [0.2, 0.25) is 0 Å². The van der Waals surface area contributed by atoms with Crippen molar-refractivity contribution >= 4 is 23.3 Å². The van der Waals surface area contributed by atoms with Gasteiger partial charge in [-0.15, -0.1) is 0 Å². The summed E-state index contributed by atoms with van der Waals surface area (Å²) < 4.78 is 10.6. The largest absolute Gasteiger partial charge is 0.462 e. The van der Waals surface area contributed by atoms with Gasteiger partial charge in [0, 0.05) is 12.3 Å². The van der Waals surface area contributed by atoms with Crippen molar-refractivity contribution in [3.05, 3.63) is 47.2 Å². The van der Waals surface area contributed by atoms with Crippen LogP contribution in [0.15, 0.2) is 36.7 Å². The van der Waals surface area contributed by atoms with Gasteiger partial charge < -0.3 is 15.2 Å². The van der Waals surface area contributed by atoms with Gasteiger partial charge in [-0.05, 0) is 19.1 Å². The Morgan fingerprint density at radius 1 is 1.40 bits per heavy atom. The molecule has 104 valence electrons. The van der Waals surface area contributed by atoms with E-state index < -0.39 is 5.97 Å². The number of hydrogen-bond acceptors (Lipinski definition) is 5. The molecule has 0 bridgehead atoms. The number of para-hydroxylation sites is 1. The maximum atomic E-state index is 11.9. The first-order chi connectivity index (χ1) is 9.61. The van der Waals surface area contributed by atoms with E-state index in [0.29, 0.717) is 16.5 Å². The van der Waals surface area contributed by atoms with Crippen LogP contribution in [-0.2, 0) is 4.74 Å². The molecule has 0 atom stereocenters. The molecule has 1 heterocycles. The molecule has 2 rings (SSSR count). The number of nitrogens with zero attached hydrogens (tertiary/aromatic N) is 1. The maximum Gasteiger partial charge on any atom is 0.342 e. The van der Waals surface area contributed by atoms with Crippen LogP contribution in [0.1, 0.15) is 17.3 Å². The van der Waals surface area contributed by atoms with Gasteiger partial charge in [-0.1, -0.05) is 17.7 Å². The molecular weight excluding hydrogens is 280 g/mol. The summed E-state index contributed by atoms with van der Waals surface area (Å²) in [4.78, 5) is 15.8. The van der Waals surface area contributed by atoms with Crippen LogP contribution < -0.4 is 10.5 Å². The summed E-state index contributed by atoms with van der Waals surface area (Å²) in [5, 5.41) is 0.426. The van der Waals surface area contributed by atoms with Crippen molar-refractivity contribution in [2.75, 3.05) is 12.3 Å². The monoisotopic (exact) mass is 292 g/mol. The summed E-state index contributed by atoms with van der Waals surface area (Å²) in [6.45, 7) is 2.00. The zero-order chi connectivity index (χ0) is 14.5. The number of benzene rings is 1. The second-order valence-electron chi connectivity index (χ2n) is 3.89. The van der Waals surface area contributed by atoms with Gasteiger partial charge in [-0.2, -0.15) is 0 Å². The Balaban J connectivity index is 2.37. The van der Waals surface area contributed by atoms with E-state index in [4.69, 9.17) is 26.8 Å². The molecule has 0 radical (unpaired) electrons. The van der Waals surface area contributed by atoms with E-state index in [2.05, 4.69) is 4.98 Å². The summed E-state index contributed by atoms with van der Waals surface area (Å²) in [6.07, 6.45) is 2.96. The smallest absolute Gasteiger partial charge is 0.342 e. The first-order valence-electron chi connectivity index (χ1n) is 5.96. The molecular formula is C14H13ClN2O3. The van der Waals surface area contributed by atoms with Crippen molar-refractivity contribution in [2.24, 2.45) is 0 Å². The number of anilines is 1. The summed E-state index contributed by atoms with van der Waals surface area (Å²) in [6, 6.07) is 6.46. The molecule has 0 unspecified atom stereocenters. The van der Waals surface area contributed by atoms with Crippen LogP contribution in [0.2, 0.25) is 5.02 Å². The minimum atomic E-state index is -0.496. The van der Waals surface area contributed by atoms with Crippen molar-refractivity contribution in [2.45, 2.75) is 6.92 Å². The quantitative estimate of drug-likeness (QED) is 0.691. The first-order valence-corrected chi connectivity index (χ1v) is 6.33. The molecule has 20 heavy (non-hydrogen) atoms. The van der Waals surface area contributed by atoms with E-state index in [9.17, 15) is 4.79 Å². The Hall–Kier alpha value is -2.27. The first kappa shape index (κ1) is 14.1. The van der Waals surface area contributed by atoms with E-state index in [1.807, 2.05) is 0 Å². The second-order valence-corrected chi connectivity index (χ2v) is 4.32. The van der Waals surface area contributed by atoms with Gasteiger partial charge in [0.1, 0.15) is 11.3 Å². The highest BCUT2D eigenvalue weighted by molar-refractivity contribution is 6.30. The average molecular weight is 293 g/mol. The van der Waals surface area contributed by atoms with Gasteiger partial charge in [-0.25, -0.2) is 4.79 Å². The molecule has 0 spiro atoms. The zero-order valence-corrected chi connectivity index (χ0v) is 11.6. The van der Waals surface area contributed by atoms with Crippen LogP contribution in [-0.4, -0.2) is 17.6 Å². The fourth-order valence-corrected chi connectivity index (χ4v) is 1.77. The van der Waals surface area contributed by atoms with Crippen LogP contribution in [0, 0.1) is 0 Å². The third-order valence-electron chi connectivity index (χ3n) is 2.44. The third-order valence-corrected chi connectivity index (χ3v) is 2.65. The number of carbonyl (C=O) groups excluding carboxylic acids is 1. The summed E-state index contributed by atoms with van der Waals surface area (Å²) in [7, 11) is 0. The number of aromatic nitrogens is 1. The predicted molar refractivity (Wildman–Crippen MR) is 76.1 cm³/mol. The van der Waals surface area contributed by atoms with E-state index in [1.165, 1.54) is 12.4 Å². The molecule has 5 nitrogen and oxygen atoms in total. The summed E-state index contributed by atoms with van der Waals surface area (Å²) >= 11 is 5.84. The fourth-order valence-electron chi connectivity index (χ4n) is 1.60. The SMILES string of the molecule is CCOC(=O)c1cccc(N)c1Oc1cncc(Cl)c1. The second kappa shape index (κ2) is 6.25. The molecule has 0 aliphatic carbocycles. The Morgan fingerprint density at radius 2 is 2.20 bits per heavy atom. The molecule has 1 aromatic heterocycles. The molecule has 0 aliphatic rings. The van der Waals surface area contributed by atoms with Gasteiger partial charge in [0.15, 0.2) is 5.75 Å². The van der Waals surface area contributed by atoms with Crippen molar-refractivity contribution in [3.8, 4) is 11.5 Å². The van der Waals surface area contributed by atoms with E-state index in [0.717, 1.165) is 0 Å². The molecule has 1 aromatic carbocycles. The normalized spacial score (nSPS) is 10.1. The van der Waals surface area contributed by atoms with Gasteiger partial charge in [-0.3, -0.25) is 4.98 Å². The number of ether oxygens (including phenoxy) is 2. The van der Waals surface area contributed by atoms with Crippen LogP contribution in [0.25, 0.3) is 0 Å². The standard InChI is InChI=1S/C14H13ClN2O3/c1-2-19-14(18)11-4-3-5-12(16)13(11)20-10-6-9(15)7-17-8-10/h3-8H,2,16H2,1H3. The van der Waals surface area contributed by atoms with Crippen molar-refractivity contribution < 1.29 is 14.3 Å². The zero-order valence-electron chi connectivity index (χ0n) is 10.8. The lowest BCUT2D eigenvalue weighted by Gasteiger charge is -2.12. The Kier molecular flexibility index (Phi) is 4.42. The highest BCUT2D eigenvalue weighted by Gasteiger charge is 2.17. The van der Waals surface area contributed by atoms with Crippen molar-refractivity contribution in [1.82, 2.24) is 4.98 Å². The Morgan fingerprint density at radius 3 is 2.90 bits per heavy atom. The minimum Gasteiger partial charge on any atom is -0.462 e. The molecule has 6 heteroatoms. The molecule has 0 aliphatic heterocycles. The number of halogens is 1. The summed E-state index contributed by atoms with van der Waals surface area (Å²) in [5.41, 5.74) is 6.44. The molecule has 2 aromatic rings. The molecule has 0 saturated carbocycles. The number of nitrogens with two attached hydrogens (primary N) is 1. The van der Waals surface area contributed by atoms with Crippen LogP contribution >= 0.6 is 11.6 Å². The summed E-state index contributed by atoms with van der Waals surface area (Å²) in [5.74, 6) is 0.126. The molecule has 0 amide bonds. The third kappa shape index (κ3) is 3.19. The highest BCUT2D eigenvalue weighted by atomic mass is 35.5. The number of pyridine rings is 1. The van der Waals surface area contributed by atoms with Crippen molar-refractivity contribution in [3.63, 3.8) is 0 Å². The van der Waals surface area contributed by atoms with Crippen LogP contribution in [0.3, 0.4) is 0 Å². The number of esters is 1. The van der Waals surface area contributed by atoms with Crippen molar-refractivity contribution in [1.29, 1.82) is 0 Å². The number of hydrogen-bond donors (Lipinski definition) is 1. The lowest BCUT2D eigenvalue weighted by atomic mass is 10.1. The van der Waals surface area contributed by atoms with E-state index in [1.54, 1.807) is 31.2 Å². The van der Waals surface area contributed by atoms with Gasteiger partial charge >= 0.3 is 5.97 Å². The number of rotatable bonds is 4. The molecule has 0 fully saturated rings. The fraction of sp³-hybridized carbons (Fsp3) is 0.143. The molecule has 2 N–H and O–H groups in total. The Bertz CT molecular complexity index is 632. The maximum absolute atomic E-state index is 11.9. The number of carbonyl (C=O) groups is 1. The minimum absolute atomic E-state index is 0.231. The topological polar surface area (TPSA) is 74.4 Å². The number of nitrogen functional groups attached to an aromatic ring is 1. The van der Waals surface area contributed by atoms with Gasteiger partial charge in [0.25, 0.3) is 0 Å². The van der Waals surface area contributed by atoms with Gasteiger partial charge in [0.05, 0.1) is 23.5 Å². The lowest BCUT2D eigenvalue weighted by Crippen LogP contribution is -2.08. The molecule has 0 saturated heterocycles. The van der Waals surface area contributed by atoms with Crippen LogP contribution in [0.4, 0.5) is 5.69 Å². The highest BCUT2D eigenvalue weighted by Crippen LogP contribution is 2.32. The lowest BCUT2D eigenvalue weighted by molar-refractivity contribution is 0.0523. The predicted octanol–water partition coefficient (Wildman–Crippen LogP) is 3.29.